The second-order valence-electron chi connectivity index (χ2n) is 3.20. The van der Waals surface area contributed by atoms with Gasteiger partial charge in [0.05, 0.1) is 12.7 Å². The van der Waals surface area contributed by atoms with Crippen LogP contribution in [0.15, 0.2) is 0 Å². The molecular weight excluding hydrogens is 144 g/mol. The van der Waals surface area contributed by atoms with E-state index >= 15 is 0 Å². The Morgan fingerprint density at radius 2 is 2.18 bits per heavy atom. The van der Waals surface area contributed by atoms with E-state index in [1.807, 2.05) is 6.92 Å². The van der Waals surface area contributed by atoms with Crippen LogP contribution in [0.5, 0.6) is 0 Å². The molecule has 0 aromatic heterocycles. The highest BCUT2D eigenvalue weighted by Gasteiger charge is 2.33. The summed E-state index contributed by atoms with van der Waals surface area (Å²) in [7, 11) is 0. The molecule has 11 heavy (non-hydrogen) atoms. The largest absolute Gasteiger partial charge is 0.373 e. The fourth-order valence-electron chi connectivity index (χ4n) is 1.55. The van der Waals surface area contributed by atoms with Crippen molar-refractivity contribution in [1.82, 2.24) is 0 Å². The molecule has 0 amide bonds. The molecule has 0 aromatic rings. The van der Waals surface area contributed by atoms with Crippen LogP contribution < -0.4 is 0 Å². The Bertz CT molecular complexity index is 131. The Kier molecular flexibility index (Phi) is 2.11. The summed E-state index contributed by atoms with van der Waals surface area (Å²) >= 11 is 0. The van der Waals surface area contributed by atoms with Crippen LogP contribution in [0.25, 0.3) is 0 Å². The third-order valence-electron chi connectivity index (χ3n) is 2.13. The first kappa shape index (κ1) is 7.53. The van der Waals surface area contributed by atoms with E-state index in [1.54, 1.807) is 0 Å². The number of ether oxygens (including phenoxy) is 3. The molecule has 0 aliphatic carbocycles. The van der Waals surface area contributed by atoms with E-state index in [4.69, 9.17) is 14.2 Å². The normalized spacial score (nSPS) is 45.0. The van der Waals surface area contributed by atoms with Crippen molar-refractivity contribution in [3.63, 3.8) is 0 Å². The van der Waals surface area contributed by atoms with E-state index in [-0.39, 0.29) is 18.5 Å². The fourth-order valence-corrected chi connectivity index (χ4v) is 1.55. The van der Waals surface area contributed by atoms with Crippen molar-refractivity contribution in [2.75, 3.05) is 13.2 Å². The summed E-state index contributed by atoms with van der Waals surface area (Å²) in [6, 6.07) is 0. The molecule has 0 radical (unpaired) electrons. The van der Waals surface area contributed by atoms with E-state index < -0.39 is 0 Å². The Morgan fingerprint density at radius 3 is 2.73 bits per heavy atom. The van der Waals surface area contributed by atoms with E-state index in [1.165, 1.54) is 0 Å². The Hall–Kier alpha value is -0.120. The molecule has 0 saturated carbocycles. The first-order valence-corrected chi connectivity index (χ1v) is 4.25. The molecule has 0 aromatic carbocycles. The van der Waals surface area contributed by atoms with Crippen LogP contribution in [0.3, 0.4) is 0 Å². The first-order valence-electron chi connectivity index (χ1n) is 4.25. The number of hydrogen-bond donors (Lipinski definition) is 0. The van der Waals surface area contributed by atoms with Gasteiger partial charge in [-0.3, -0.25) is 0 Å². The zero-order valence-corrected chi connectivity index (χ0v) is 6.79. The predicted octanol–water partition coefficient (Wildman–Crippen LogP) is 0.927. The van der Waals surface area contributed by atoms with Crippen LogP contribution in [-0.2, 0) is 14.2 Å². The molecule has 0 bridgehead atoms. The minimum Gasteiger partial charge on any atom is -0.373 e. The van der Waals surface area contributed by atoms with Gasteiger partial charge in [0.1, 0.15) is 6.10 Å². The second-order valence-corrected chi connectivity index (χ2v) is 3.20. The zero-order valence-electron chi connectivity index (χ0n) is 6.79. The molecule has 3 atom stereocenters. The number of hydrogen-bond acceptors (Lipinski definition) is 3. The van der Waals surface area contributed by atoms with Crippen molar-refractivity contribution in [1.29, 1.82) is 0 Å². The molecule has 0 spiro atoms. The summed E-state index contributed by atoms with van der Waals surface area (Å²) in [5.41, 5.74) is 0. The highest BCUT2D eigenvalue weighted by Crippen LogP contribution is 2.23. The van der Waals surface area contributed by atoms with Crippen molar-refractivity contribution in [3.8, 4) is 0 Å². The summed E-state index contributed by atoms with van der Waals surface area (Å²) in [6.07, 6.45) is 2.57. The Morgan fingerprint density at radius 1 is 1.27 bits per heavy atom. The van der Waals surface area contributed by atoms with Gasteiger partial charge in [-0.15, -0.1) is 0 Å². The molecule has 2 aliphatic rings. The van der Waals surface area contributed by atoms with Crippen molar-refractivity contribution in [2.24, 2.45) is 0 Å². The lowest BCUT2D eigenvalue weighted by atomic mass is 10.2. The molecular formula is C8H14O3. The second kappa shape index (κ2) is 3.09. The average molecular weight is 158 g/mol. The van der Waals surface area contributed by atoms with E-state index in [0.717, 1.165) is 19.4 Å². The topological polar surface area (TPSA) is 27.7 Å². The van der Waals surface area contributed by atoms with Crippen LogP contribution >= 0.6 is 0 Å². The minimum absolute atomic E-state index is 0.0903. The van der Waals surface area contributed by atoms with Gasteiger partial charge in [-0.2, -0.15) is 0 Å². The van der Waals surface area contributed by atoms with Gasteiger partial charge in [-0.05, 0) is 19.8 Å². The minimum atomic E-state index is -0.0903. The van der Waals surface area contributed by atoms with Crippen molar-refractivity contribution >= 4 is 0 Å². The lowest BCUT2D eigenvalue weighted by Crippen LogP contribution is -2.26. The summed E-state index contributed by atoms with van der Waals surface area (Å²) in [4.78, 5) is 0. The fraction of sp³-hybridized carbons (Fsp3) is 1.00. The van der Waals surface area contributed by atoms with Crippen LogP contribution in [0.4, 0.5) is 0 Å². The zero-order chi connectivity index (χ0) is 7.68. The first-order chi connectivity index (χ1) is 5.36. The summed E-state index contributed by atoms with van der Waals surface area (Å²) < 4.78 is 16.3. The molecule has 3 unspecified atom stereocenters. The molecule has 2 saturated heterocycles. The van der Waals surface area contributed by atoms with Crippen molar-refractivity contribution in [2.45, 2.75) is 38.3 Å². The van der Waals surface area contributed by atoms with E-state index in [0.29, 0.717) is 6.61 Å². The molecule has 0 N–H and O–H groups in total. The summed E-state index contributed by atoms with van der Waals surface area (Å²) in [5, 5.41) is 0. The van der Waals surface area contributed by atoms with Gasteiger partial charge in [0.25, 0.3) is 0 Å². The van der Waals surface area contributed by atoms with Crippen LogP contribution in [0.1, 0.15) is 19.8 Å². The molecule has 64 valence electrons. The molecule has 3 nitrogen and oxygen atoms in total. The number of rotatable bonds is 1. The SMILES string of the molecule is CC1COC(C2CCCO2)O1. The molecule has 2 rings (SSSR count). The summed E-state index contributed by atoms with van der Waals surface area (Å²) in [6.45, 7) is 3.60. The Labute approximate surface area is 66.6 Å². The highest BCUT2D eigenvalue weighted by atomic mass is 16.7. The van der Waals surface area contributed by atoms with Gasteiger partial charge in [-0.1, -0.05) is 0 Å². The van der Waals surface area contributed by atoms with Gasteiger partial charge in [0, 0.05) is 6.61 Å². The smallest absolute Gasteiger partial charge is 0.184 e. The molecule has 3 heteroatoms. The lowest BCUT2D eigenvalue weighted by Gasteiger charge is -2.15. The van der Waals surface area contributed by atoms with Crippen LogP contribution in [0, 0.1) is 0 Å². The Balaban J connectivity index is 1.85. The van der Waals surface area contributed by atoms with Crippen LogP contribution in [0.2, 0.25) is 0 Å². The van der Waals surface area contributed by atoms with Crippen molar-refractivity contribution in [3.05, 3.63) is 0 Å². The highest BCUT2D eigenvalue weighted by molar-refractivity contribution is 4.73. The van der Waals surface area contributed by atoms with Crippen molar-refractivity contribution < 1.29 is 14.2 Å². The van der Waals surface area contributed by atoms with Gasteiger partial charge in [0.15, 0.2) is 6.29 Å². The third kappa shape index (κ3) is 1.55. The average Bonchev–Trinajstić information content (AvgIpc) is 2.55. The van der Waals surface area contributed by atoms with E-state index in [9.17, 15) is 0 Å². The van der Waals surface area contributed by atoms with Gasteiger partial charge >= 0.3 is 0 Å². The molecule has 2 heterocycles. The monoisotopic (exact) mass is 158 g/mol. The van der Waals surface area contributed by atoms with E-state index in [2.05, 4.69) is 0 Å². The maximum absolute atomic E-state index is 5.50. The predicted molar refractivity (Wildman–Crippen MR) is 39.3 cm³/mol. The van der Waals surface area contributed by atoms with Gasteiger partial charge < -0.3 is 14.2 Å². The quantitative estimate of drug-likeness (QED) is 0.568. The summed E-state index contributed by atoms with van der Waals surface area (Å²) in [5.74, 6) is 0. The molecule has 2 fully saturated rings. The lowest BCUT2D eigenvalue weighted by molar-refractivity contribution is -0.133. The maximum Gasteiger partial charge on any atom is 0.184 e. The van der Waals surface area contributed by atoms with Crippen LogP contribution in [-0.4, -0.2) is 31.7 Å². The maximum atomic E-state index is 5.50. The molecule has 2 aliphatic heterocycles. The third-order valence-corrected chi connectivity index (χ3v) is 2.13. The van der Waals surface area contributed by atoms with Gasteiger partial charge in [-0.25, -0.2) is 0 Å². The standard InChI is InChI=1S/C8H14O3/c1-6-5-10-8(11-6)7-3-2-4-9-7/h6-8H,2-5H2,1H3. The van der Waals surface area contributed by atoms with Gasteiger partial charge in [0.2, 0.25) is 0 Å².